The van der Waals surface area contributed by atoms with E-state index in [0.717, 1.165) is 29.7 Å². The Morgan fingerprint density at radius 2 is 1.82 bits per heavy atom. The molecular formula is C25H33Cl2N5O2. The minimum atomic E-state index is -0.816. The Balaban J connectivity index is 1.68. The van der Waals surface area contributed by atoms with Gasteiger partial charge in [-0.3, -0.25) is 9.59 Å². The number of halogens is 2. The van der Waals surface area contributed by atoms with E-state index in [4.69, 9.17) is 34.7 Å². The van der Waals surface area contributed by atoms with Crippen LogP contribution in [0, 0.1) is 12.8 Å². The molecule has 1 fully saturated rings. The van der Waals surface area contributed by atoms with Gasteiger partial charge in [-0.05, 0) is 48.6 Å². The molecule has 1 aromatic carbocycles. The van der Waals surface area contributed by atoms with Gasteiger partial charge in [-0.2, -0.15) is 0 Å². The Morgan fingerprint density at radius 3 is 2.50 bits per heavy atom. The fourth-order valence-electron chi connectivity index (χ4n) is 4.38. The summed E-state index contributed by atoms with van der Waals surface area (Å²) in [5.41, 5.74) is 14.3. The van der Waals surface area contributed by atoms with E-state index in [1.165, 1.54) is 19.3 Å². The van der Waals surface area contributed by atoms with Crippen molar-refractivity contribution in [2.45, 2.75) is 70.5 Å². The topological polar surface area (TPSA) is 123 Å². The largest absolute Gasteiger partial charge is 0.384 e. The second-order valence-corrected chi connectivity index (χ2v) is 9.87. The van der Waals surface area contributed by atoms with Gasteiger partial charge in [0, 0.05) is 18.7 Å². The van der Waals surface area contributed by atoms with Crippen LogP contribution in [-0.4, -0.2) is 28.9 Å². The summed E-state index contributed by atoms with van der Waals surface area (Å²) in [6, 6.07) is 7.20. The van der Waals surface area contributed by atoms with Crippen LogP contribution in [0.5, 0.6) is 0 Å². The van der Waals surface area contributed by atoms with Crippen LogP contribution in [0.1, 0.15) is 55.3 Å². The summed E-state index contributed by atoms with van der Waals surface area (Å²) in [6.45, 7) is 2.09. The average molecular weight is 506 g/mol. The van der Waals surface area contributed by atoms with Crippen LogP contribution in [-0.2, 0) is 22.6 Å². The number of nitrogen functional groups attached to an aromatic ring is 1. The SMILES string of the molecule is Cc1nc(N)ccc1CNC(=O)[C@H](Cc1ccc(Cl)c(Cl)c1)NC(=O)C(N)CC1CCCCC1. The van der Waals surface area contributed by atoms with Crippen LogP contribution < -0.4 is 22.1 Å². The molecule has 1 saturated carbocycles. The molecule has 2 amide bonds. The molecule has 1 aromatic heterocycles. The zero-order chi connectivity index (χ0) is 24.7. The average Bonchev–Trinajstić information content (AvgIpc) is 2.80. The third kappa shape index (κ3) is 7.58. The minimum Gasteiger partial charge on any atom is -0.384 e. The highest BCUT2D eigenvalue weighted by Gasteiger charge is 2.26. The number of aryl methyl sites for hydroxylation is 1. The molecule has 0 radical (unpaired) electrons. The number of pyridine rings is 1. The zero-order valence-electron chi connectivity index (χ0n) is 19.4. The van der Waals surface area contributed by atoms with Crippen molar-refractivity contribution < 1.29 is 9.59 Å². The van der Waals surface area contributed by atoms with Gasteiger partial charge in [0.05, 0.1) is 16.1 Å². The van der Waals surface area contributed by atoms with Crippen molar-refractivity contribution >= 4 is 40.8 Å². The standard InChI is InChI=1S/C25H33Cl2N5O2/c1-15-18(8-10-23(29)31-15)14-30-25(34)22(13-17-7-9-19(26)20(27)11-17)32-24(33)21(28)12-16-5-3-2-4-6-16/h7-11,16,21-22H,2-6,12-14,28H2,1H3,(H2,29,31)(H,30,34)(H,32,33)/t21?,22-/m0/s1. The number of benzene rings is 1. The summed E-state index contributed by atoms with van der Waals surface area (Å²) in [6.07, 6.45) is 6.69. The first-order valence-corrected chi connectivity index (χ1v) is 12.5. The van der Waals surface area contributed by atoms with E-state index in [1.807, 2.05) is 13.0 Å². The van der Waals surface area contributed by atoms with Crippen LogP contribution in [0.25, 0.3) is 0 Å². The van der Waals surface area contributed by atoms with Gasteiger partial charge in [0.25, 0.3) is 0 Å². The Morgan fingerprint density at radius 1 is 1.09 bits per heavy atom. The number of rotatable bonds is 9. The van der Waals surface area contributed by atoms with Crippen LogP contribution in [0.3, 0.4) is 0 Å². The maximum absolute atomic E-state index is 13.1. The van der Waals surface area contributed by atoms with E-state index in [2.05, 4.69) is 15.6 Å². The third-order valence-electron chi connectivity index (χ3n) is 6.38. The van der Waals surface area contributed by atoms with Crippen molar-refractivity contribution in [1.82, 2.24) is 15.6 Å². The van der Waals surface area contributed by atoms with Gasteiger partial charge in [0.1, 0.15) is 11.9 Å². The summed E-state index contributed by atoms with van der Waals surface area (Å²) in [5, 5.41) is 6.58. The predicted molar refractivity (Wildman–Crippen MR) is 136 cm³/mol. The molecule has 0 saturated heterocycles. The van der Waals surface area contributed by atoms with E-state index in [9.17, 15) is 9.59 Å². The van der Waals surface area contributed by atoms with Crippen LogP contribution in [0.4, 0.5) is 5.82 Å². The quantitative estimate of drug-likeness (QED) is 0.411. The fraction of sp³-hybridized carbons (Fsp3) is 0.480. The van der Waals surface area contributed by atoms with Crippen molar-refractivity contribution in [2.75, 3.05) is 5.73 Å². The molecule has 7 nitrogen and oxygen atoms in total. The third-order valence-corrected chi connectivity index (χ3v) is 7.11. The monoisotopic (exact) mass is 505 g/mol. The molecule has 6 N–H and O–H groups in total. The normalized spacial score (nSPS) is 16.0. The van der Waals surface area contributed by atoms with Crippen molar-refractivity contribution in [3.05, 3.63) is 57.2 Å². The molecule has 0 aliphatic heterocycles. The summed E-state index contributed by atoms with van der Waals surface area (Å²) >= 11 is 12.2. The summed E-state index contributed by atoms with van der Waals surface area (Å²) in [7, 11) is 0. The molecule has 0 spiro atoms. The van der Waals surface area contributed by atoms with E-state index in [-0.39, 0.29) is 24.8 Å². The number of nitrogens with one attached hydrogen (secondary N) is 2. The van der Waals surface area contributed by atoms with Crippen LogP contribution in [0.2, 0.25) is 10.0 Å². The molecule has 1 aliphatic rings. The van der Waals surface area contributed by atoms with Gasteiger partial charge in [-0.15, -0.1) is 0 Å². The van der Waals surface area contributed by atoms with Gasteiger partial charge in [-0.1, -0.05) is 67.4 Å². The lowest BCUT2D eigenvalue weighted by molar-refractivity contribution is -0.129. The maximum atomic E-state index is 13.1. The molecule has 1 unspecified atom stereocenters. The van der Waals surface area contributed by atoms with Crippen molar-refractivity contribution in [1.29, 1.82) is 0 Å². The highest BCUT2D eigenvalue weighted by atomic mass is 35.5. The summed E-state index contributed by atoms with van der Waals surface area (Å²) in [5.74, 6) is 0.235. The summed E-state index contributed by atoms with van der Waals surface area (Å²) < 4.78 is 0. The highest BCUT2D eigenvalue weighted by molar-refractivity contribution is 6.42. The molecule has 9 heteroatoms. The second-order valence-electron chi connectivity index (χ2n) is 9.06. The van der Waals surface area contributed by atoms with Crippen molar-refractivity contribution in [3.8, 4) is 0 Å². The molecule has 1 heterocycles. The van der Waals surface area contributed by atoms with E-state index >= 15 is 0 Å². The Hall–Kier alpha value is -2.35. The number of hydrogen-bond donors (Lipinski definition) is 4. The number of amides is 2. The van der Waals surface area contributed by atoms with E-state index in [1.54, 1.807) is 24.3 Å². The predicted octanol–water partition coefficient (Wildman–Crippen LogP) is 3.92. The second kappa shape index (κ2) is 12.4. The smallest absolute Gasteiger partial charge is 0.243 e. The van der Waals surface area contributed by atoms with Gasteiger partial charge in [-0.25, -0.2) is 4.98 Å². The van der Waals surface area contributed by atoms with Crippen molar-refractivity contribution in [2.24, 2.45) is 11.7 Å². The van der Waals surface area contributed by atoms with Gasteiger partial charge < -0.3 is 22.1 Å². The van der Waals surface area contributed by atoms with E-state index < -0.39 is 12.1 Å². The summed E-state index contributed by atoms with van der Waals surface area (Å²) in [4.78, 5) is 30.3. The lowest BCUT2D eigenvalue weighted by atomic mass is 9.85. The first kappa shape index (κ1) is 26.3. The first-order valence-electron chi connectivity index (χ1n) is 11.7. The fourth-order valence-corrected chi connectivity index (χ4v) is 4.70. The molecule has 0 bridgehead atoms. The molecule has 184 valence electrons. The minimum absolute atomic E-state index is 0.254. The molecule has 2 atom stereocenters. The highest BCUT2D eigenvalue weighted by Crippen LogP contribution is 2.27. The first-order chi connectivity index (χ1) is 16.2. The lowest BCUT2D eigenvalue weighted by Gasteiger charge is -2.26. The van der Waals surface area contributed by atoms with E-state index in [0.29, 0.717) is 28.2 Å². The van der Waals surface area contributed by atoms with Crippen LogP contribution >= 0.6 is 23.2 Å². The maximum Gasteiger partial charge on any atom is 0.243 e. The Bertz CT molecular complexity index is 1010. The number of carbonyl (C=O) groups excluding carboxylic acids is 2. The number of hydrogen-bond acceptors (Lipinski definition) is 5. The number of carbonyl (C=O) groups is 2. The van der Waals surface area contributed by atoms with Gasteiger partial charge in [0.15, 0.2) is 0 Å². The lowest BCUT2D eigenvalue weighted by Crippen LogP contribution is -2.52. The van der Waals surface area contributed by atoms with Gasteiger partial charge in [0.2, 0.25) is 11.8 Å². The number of aromatic nitrogens is 1. The number of anilines is 1. The number of nitrogens with zero attached hydrogens (tertiary/aromatic N) is 1. The Kier molecular flexibility index (Phi) is 9.56. The molecule has 34 heavy (non-hydrogen) atoms. The van der Waals surface area contributed by atoms with Gasteiger partial charge >= 0.3 is 0 Å². The number of nitrogens with two attached hydrogens (primary N) is 2. The molecule has 3 rings (SSSR count). The molecule has 1 aliphatic carbocycles. The zero-order valence-corrected chi connectivity index (χ0v) is 21.0. The van der Waals surface area contributed by atoms with Crippen LogP contribution in [0.15, 0.2) is 30.3 Å². The Labute approximate surface area is 211 Å². The molecule has 2 aromatic rings. The molecular weight excluding hydrogens is 473 g/mol. The van der Waals surface area contributed by atoms with Crippen molar-refractivity contribution in [3.63, 3.8) is 0 Å².